The molecule has 0 aromatic carbocycles. The highest BCUT2D eigenvalue weighted by Crippen LogP contribution is 2.21. The largest absolute Gasteiger partial charge is 0.437 e. The fourth-order valence-corrected chi connectivity index (χ4v) is 3.37. The number of aliphatic hydroxyl groups is 1. The van der Waals surface area contributed by atoms with Crippen molar-refractivity contribution in [1.29, 1.82) is 0 Å². The summed E-state index contributed by atoms with van der Waals surface area (Å²) in [6.07, 6.45) is 1.71. The van der Waals surface area contributed by atoms with Crippen molar-refractivity contribution in [3.63, 3.8) is 0 Å². The summed E-state index contributed by atoms with van der Waals surface area (Å²) in [6, 6.07) is 3.73. The molecule has 2 aromatic rings. The molecule has 0 saturated carbocycles. The van der Waals surface area contributed by atoms with Gasteiger partial charge in [-0.15, -0.1) is 16.4 Å². The van der Waals surface area contributed by atoms with Crippen molar-refractivity contribution in [3.05, 3.63) is 28.1 Å². The van der Waals surface area contributed by atoms with Crippen molar-refractivity contribution in [2.24, 2.45) is 5.92 Å². The highest BCUT2D eigenvalue weighted by Gasteiger charge is 2.20. The van der Waals surface area contributed by atoms with Gasteiger partial charge in [0.15, 0.2) is 0 Å². The predicted molar refractivity (Wildman–Crippen MR) is 84.9 cm³/mol. The first-order valence-corrected chi connectivity index (χ1v) is 8.52. The third kappa shape index (κ3) is 3.66. The van der Waals surface area contributed by atoms with Crippen LogP contribution in [0.15, 0.2) is 26.7 Å². The summed E-state index contributed by atoms with van der Waals surface area (Å²) in [5.41, 5.74) is 0. The highest BCUT2D eigenvalue weighted by molar-refractivity contribution is 7.13. The molecule has 0 aliphatic carbocycles. The lowest BCUT2D eigenvalue weighted by atomic mass is 9.99. The molecule has 6 nitrogen and oxygen atoms in total. The van der Waals surface area contributed by atoms with E-state index in [1.807, 2.05) is 17.5 Å². The second-order valence-electron chi connectivity index (χ2n) is 5.97. The molecule has 3 rings (SSSR count). The molecule has 0 spiro atoms. The van der Waals surface area contributed by atoms with Crippen LogP contribution in [-0.2, 0) is 6.54 Å². The minimum Gasteiger partial charge on any atom is -0.390 e. The van der Waals surface area contributed by atoms with Crippen molar-refractivity contribution < 1.29 is 9.52 Å². The van der Waals surface area contributed by atoms with E-state index in [1.165, 1.54) is 28.9 Å². The molecule has 1 atom stereocenters. The van der Waals surface area contributed by atoms with Crippen LogP contribution in [-0.4, -0.2) is 45.5 Å². The van der Waals surface area contributed by atoms with Gasteiger partial charge in [-0.2, -0.15) is 4.68 Å². The Labute approximate surface area is 133 Å². The Morgan fingerprint density at radius 3 is 2.91 bits per heavy atom. The summed E-state index contributed by atoms with van der Waals surface area (Å²) < 4.78 is 6.36. The Kier molecular flexibility index (Phi) is 4.75. The number of aromatic nitrogens is 2. The van der Waals surface area contributed by atoms with Crippen LogP contribution in [0.4, 0.5) is 0 Å². The highest BCUT2D eigenvalue weighted by atomic mass is 32.1. The van der Waals surface area contributed by atoms with Crippen LogP contribution >= 0.6 is 11.3 Å². The summed E-state index contributed by atoms with van der Waals surface area (Å²) in [6.45, 7) is 5.01. The van der Waals surface area contributed by atoms with E-state index in [4.69, 9.17) is 4.42 Å². The van der Waals surface area contributed by atoms with E-state index in [9.17, 15) is 9.90 Å². The molecule has 0 radical (unpaired) electrons. The van der Waals surface area contributed by atoms with Crippen LogP contribution in [0.2, 0.25) is 0 Å². The quantitative estimate of drug-likeness (QED) is 0.906. The summed E-state index contributed by atoms with van der Waals surface area (Å²) >= 11 is 1.47. The van der Waals surface area contributed by atoms with Crippen molar-refractivity contribution in [3.8, 4) is 10.8 Å². The second kappa shape index (κ2) is 6.76. The van der Waals surface area contributed by atoms with Gasteiger partial charge in [-0.1, -0.05) is 13.0 Å². The zero-order valence-corrected chi connectivity index (χ0v) is 13.5. The van der Waals surface area contributed by atoms with E-state index < -0.39 is 11.9 Å². The average molecular weight is 323 g/mol. The molecule has 0 unspecified atom stereocenters. The van der Waals surface area contributed by atoms with E-state index in [0.29, 0.717) is 12.4 Å². The number of piperidine rings is 1. The van der Waals surface area contributed by atoms with Crippen LogP contribution in [0.3, 0.4) is 0 Å². The van der Waals surface area contributed by atoms with Gasteiger partial charge >= 0.3 is 5.76 Å². The maximum absolute atomic E-state index is 11.8. The summed E-state index contributed by atoms with van der Waals surface area (Å²) in [4.78, 5) is 14.9. The first-order chi connectivity index (χ1) is 10.6. The maximum Gasteiger partial charge on any atom is 0.437 e. The Hall–Kier alpha value is -1.44. The van der Waals surface area contributed by atoms with Gasteiger partial charge in [-0.3, -0.25) is 0 Å². The number of likely N-dealkylation sites (tertiary alicyclic amines) is 1. The lowest BCUT2D eigenvalue weighted by Gasteiger charge is -2.31. The number of hydrogen-bond donors (Lipinski definition) is 1. The van der Waals surface area contributed by atoms with Gasteiger partial charge in [0.05, 0.1) is 17.5 Å². The van der Waals surface area contributed by atoms with Crippen molar-refractivity contribution in [1.82, 2.24) is 14.7 Å². The molecule has 1 N–H and O–H groups in total. The van der Waals surface area contributed by atoms with Crippen LogP contribution in [0.25, 0.3) is 10.8 Å². The second-order valence-corrected chi connectivity index (χ2v) is 6.92. The molecule has 1 aliphatic heterocycles. The first-order valence-electron chi connectivity index (χ1n) is 7.64. The molecule has 22 heavy (non-hydrogen) atoms. The molecular formula is C15H21N3O3S. The minimum atomic E-state index is -0.618. The minimum absolute atomic E-state index is 0.166. The number of β-amino-alcohol motifs (C(OH)–C–C–N with tert-alkyl or cyclic N) is 1. The van der Waals surface area contributed by atoms with E-state index in [1.54, 1.807) is 0 Å². The maximum atomic E-state index is 11.8. The molecular weight excluding hydrogens is 302 g/mol. The standard InChI is InChI=1S/C15H21N3O3S/c1-11-4-6-17(7-5-11)9-12(19)10-18-15(20)21-14(16-18)13-3-2-8-22-13/h2-3,8,11-12,19H,4-7,9-10H2,1H3/t12-/m1/s1. The predicted octanol–water partition coefficient (Wildman–Crippen LogP) is 1.66. The van der Waals surface area contributed by atoms with E-state index >= 15 is 0 Å². The van der Waals surface area contributed by atoms with Crippen LogP contribution < -0.4 is 5.76 Å². The van der Waals surface area contributed by atoms with Crippen LogP contribution in [0.5, 0.6) is 0 Å². The zero-order valence-electron chi connectivity index (χ0n) is 12.6. The van der Waals surface area contributed by atoms with Gasteiger partial charge in [-0.25, -0.2) is 4.79 Å². The van der Waals surface area contributed by atoms with Gasteiger partial charge in [0.1, 0.15) is 0 Å². The number of rotatable bonds is 5. The lowest BCUT2D eigenvalue weighted by molar-refractivity contribution is 0.0763. The lowest BCUT2D eigenvalue weighted by Crippen LogP contribution is -2.40. The molecule has 3 heterocycles. The average Bonchev–Trinajstić information content (AvgIpc) is 3.12. The van der Waals surface area contributed by atoms with Gasteiger partial charge < -0.3 is 14.4 Å². The number of aliphatic hydroxyl groups excluding tert-OH is 1. The third-order valence-electron chi connectivity index (χ3n) is 4.07. The van der Waals surface area contributed by atoms with Gasteiger partial charge in [0.25, 0.3) is 5.89 Å². The number of thiophene rings is 1. The Bertz CT molecular complexity index is 641. The van der Waals surface area contributed by atoms with E-state index in [0.717, 1.165) is 23.9 Å². The van der Waals surface area contributed by atoms with Crippen LogP contribution in [0.1, 0.15) is 19.8 Å². The fraction of sp³-hybridized carbons (Fsp3) is 0.600. The summed E-state index contributed by atoms with van der Waals surface area (Å²) in [5.74, 6) is 0.564. The third-order valence-corrected chi connectivity index (χ3v) is 4.92. The molecule has 2 aromatic heterocycles. The molecule has 1 fully saturated rings. The molecule has 1 saturated heterocycles. The number of hydrogen-bond acceptors (Lipinski definition) is 6. The van der Waals surface area contributed by atoms with E-state index in [-0.39, 0.29) is 6.54 Å². The molecule has 0 bridgehead atoms. The Morgan fingerprint density at radius 2 is 2.23 bits per heavy atom. The van der Waals surface area contributed by atoms with Crippen molar-refractivity contribution in [2.45, 2.75) is 32.4 Å². The summed E-state index contributed by atoms with van der Waals surface area (Å²) in [7, 11) is 0. The smallest absolute Gasteiger partial charge is 0.390 e. The van der Waals surface area contributed by atoms with Gasteiger partial charge in [0, 0.05) is 6.54 Å². The van der Waals surface area contributed by atoms with Crippen molar-refractivity contribution in [2.75, 3.05) is 19.6 Å². The first kappa shape index (κ1) is 15.5. The van der Waals surface area contributed by atoms with Crippen LogP contribution in [0, 0.1) is 5.92 Å². The molecule has 0 amide bonds. The SMILES string of the molecule is CC1CCN(C[C@@H](O)Cn2nc(-c3cccs3)oc2=O)CC1. The monoisotopic (exact) mass is 323 g/mol. The molecule has 1 aliphatic rings. The van der Waals surface area contributed by atoms with E-state index in [2.05, 4.69) is 16.9 Å². The fourth-order valence-electron chi connectivity index (χ4n) is 2.72. The molecule has 7 heteroatoms. The normalized spacial score (nSPS) is 18.6. The van der Waals surface area contributed by atoms with Gasteiger partial charge in [0.2, 0.25) is 0 Å². The number of nitrogens with zero attached hydrogens (tertiary/aromatic N) is 3. The zero-order chi connectivity index (χ0) is 15.5. The Balaban J connectivity index is 1.59. The van der Waals surface area contributed by atoms with Crippen molar-refractivity contribution >= 4 is 11.3 Å². The topological polar surface area (TPSA) is 71.5 Å². The van der Waals surface area contributed by atoms with Gasteiger partial charge in [-0.05, 0) is 43.3 Å². The summed E-state index contributed by atoms with van der Waals surface area (Å²) in [5, 5.41) is 16.3. The Morgan fingerprint density at radius 1 is 1.45 bits per heavy atom. The molecule has 120 valence electrons.